The van der Waals surface area contributed by atoms with E-state index in [2.05, 4.69) is 28.4 Å². The van der Waals surface area contributed by atoms with Gasteiger partial charge in [0.1, 0.15) is 6.04 Å². The maximum Gasteiger partial charge on any atom is 0.322 e. The van der Waals surface area contributed by atoms with Crippen molar-refractivity contribution in [3.05, 3.63) is 65.5 Å². The summed E-state index contributed by atoms with van der Waals surface area (Å²) in [5.74, 6) is 1.05. The zero-order chi connectivity index (χ0) is 19.5. The summed E-state index contributed by atoms with van der Waals surface area (Å²) in [6.07, 6.45) is 2.66. The topological polar surface area (TPSA) is 71.3 Å². The van der Waals surface area contributed by atoms with Crippen molar-refractivity contribution in [1.82, 2.24) is 15.0 Å². The second-order valence-electron chi connectivity index (χ2n) is 7.16. The number of carbonyl (C=O) groups excluding carboxylic acids is 1. The summed E-state index contributed by atoms with van der Waals surface area (Å²) < 4.78 is 5.53. The highest BCUT2D eigenvalue weighted by Gasteiger charge is 2.34. The second-order valence-corrected chi connectivity index (χ2v) is 7.16. The Balaban J connectivity index is 1.51. The largest absolute Gasteiger partial charge is 0.337 e. The van der Waals surface area contributed by atoms with Crippen molar-refractivity contribution in [2.75, 3.05) is 11.9 Å². The molecule has 6 nitrogen and oxygen atoms in total. The van der Waals surface area contributed by atoms with Gasteiger partial charge in [-0.2, -0.15) is 4.98 Å². The number of aryl methyl sites for hydroxylation is 2. The molecule has 1 aliphatic rings. The number of benzene rings is 2. The summed E-state index contributed by atoms with van der Waals surface area (Å²) in [5, 5.41) is 7.13. The van der Waals surface area contributed by atoms with Crippen LogP contribution in [0.1, 0.15) is 42.8 Å². The van der Waals surface area contributed by atoms with Crippen molar-refractivity contribution in [3.8, 4) is 11.4 Å². The molecule has 1 aliphatic heterocycles. The van der Waals surface area contributed by atoms with Crippen molar-refractivity contribution >= 4 is 11.7 Å². The maximum atomic E-state index is 12.8. The summed E-state index contributed by atoms with van der Waals surface area (Å²) in [4.78, 5) is 19.2. The Hall–Kier alpha value is -3.15. The van der Waals surface area contributed by atoms with Gasteiger partial charge in [0.15, 0.2) is 0 Å². The van der Waals surface area contributed by atoms with Crippen LogP contribution < -0.4 is 5.32 Å². The predicted octanol–water partition coefficient (Wildman–Crippen LogP) is 4.98. The first-order valence-electron chi connectivity index (χ1n) is 9.71. The van der Waals surface area contributed by atoms with Gasteiger partial charge in [0, 0.05) is 17.8 Å². The van der Waals surface area contributed by atoms with E-state index in [4.69, 9.17) is 4.52 Å². The molecule has 2 heterocycles. The Labute approximate surface area is 164 Å². The first kappa shape index (κ1) is 18.2. The Bertz CT molecular complexity index is 982. The molecule has 144 valence electrons. The highest BCUT2D eigenvalue weighted by Crippen LogP contribution is 2.32. The standard InChI is InChI=1S/C22H24N4O2/c1-3-16-8-5-10-18(14-16)23-22(27)26-12-6-11-19(26)21-24-20(25-28-21)17-9-4-7-15(2)13-17/h4-5,7-10,13-14,19H,3,6,11-12H2,1-2H3,(H,23,27)/t19-/m0/s1. The summed E-state index contributed by atoms with van der Waals surface area (Å²) in [5.41, 5.74) is 4.05. The van der Waals surface area contributed by atoms with Gasteiger partial charge in [-0.25, -0.2) is 4.79 Å². The molecule has 2 amide bonds. The molecule has 0 spiro atoms. The van der Waals surface area contributed by atoms with Gasteiger partial charge in [0.05, 0.1) is 0 Å². The molecule has 1 fully saturated rings. The lowest BCUT2D eigenvalue weighted by Crippen LogP contribution is -2.34. The first-order valence-corrected chi connectivity index (χ1v) is 9.71. The van der Waals surface area contributed by atoms with Gasteiger partial charge in [0.25, 0.3) is 0 Å². The number of rotatable bonds is 4. The maximum absolute atomic E-state index is 12.8. The van der Waals surface area contributed by atoms with Gasteiger partial charge in [-0.15, -0.1) is 0 Å². The van der Waals surface area contributed by atoms with Crippen molar-refractivity contribution in [2.45, 2.75) is 39.2 Å². The van der Waals surface area contributed by atoms with E-state index >= 15 is 0 Å². The Morgan fingerprint density at radius 1 is 1.25 bits per heavy atom. The number of amides is 2. The van der Waals surface area contributed by atoms with Crippen LogP contribution in [-0.2, 0) is 6.42 Å². The number of likely N-dealkylation sites (tertiary alicyclic amines) is 1. The van der Waals surface area contributed by atoms with E-state index in [0.29, 0.717) is 18.3 Å². The van der Waals surface area contributed by atoms with Crippen LogP contribution in [0.3, 0.4) is 0 Å². The number of anilines is 1. The van der Waals surface area contributed by atoms with Crippen LogP contribution in [0.15, 0.2) is 53.1 Å². The third-order valence-corrected chi connectivity index (χ3v) is 5.10. The van der Waals surface area contributed by atoms with Crippen molar-refractivity contribution in [1.29, 1.82) is 0 Å². The number of urea groups is 1. The molecule has 0 radical (unpaired) electrons. The number of hydrogen-bond donors (Lipinski definition) is 1. The minimum Gasteiger partial charge on any atom is -0.337 e. The molecule has 1 saturated heterocycles. The number of carbonyl (C=O) groups is 1. The van der Waals surface area contributed by atoms with Crippen LogP contribution in [0, 0.1) is 6.92 Å². The molecule has 3 aromatic rings. The summed E-state index contributed by atoms with van der Waals surface area (Å²) in [6, 6.07) is 15.6. The normalized spacial score (nSPS) is 16.4. The van der Waals surface area contributed by atoms with Crippen molar-refractivity contribution < 1.29 is 9.32 Å². The third kappa shape index (κ3) is 3.76. The number of nitrogens with zero attached hydrogens (tertiary/aromatic N) is 3. The Kier molecular flexibility index (Phi) is 5.10. The minimum atomic E-state index is -0.194. The SMILES string of the molecule is CCc1cccc(NC(=O)N2CCC[C@H]2c2nc(-c3cccc(C)c3)no2)c1. The van der Waals surface area contributed by atoms with Gasteiger partial charge >= 0.3 is 6.03 Å². The van der Waals surface area contributed by atoms with E-state index in [-0.39, 0.29) is 12.1 Å². The average Bonchev–Trinajstić information content (AvgIpc) is 3.37. The zero-order valence-corrected chi connectivity index (χ0v) is 16.2. The lowest BCUT2D eigenvalue weighted by molar-refractivity contribution is 0.193. The van der Waals surface area contributed by atoms with E-state index in [1.807, 2.05) is 49.4 Å². The number of hydrogen-bond acceptors (Lipinski definition) is 4. The predicted molar refractivity (Wildman–Crippen MR) is 108 cm³/mol. The van der Waals surface area contributed by atoms with Crippen molar-refractivity contribution in [2.24, 2.45) is 0 Å². The molecule has 0 aliphatic carbocycles. The number of aromatic nitrogens is 2. The van der Waals surface area contributed by atoms with E-state index in [0.717, 1.165) is 36.1 Å². The van der Waals surface area contributed by atoms with Gasteiger partial charge in [-0.05, 0) is 49.9 Å². The van der Waals surface area contributed by atoms with E-state index < -0.39 is 0 Å². The molecular formula is C22H24N4O2. The molecule has 0 unspecified atom stereocenters. The van der Waals surface area contributed by atoms with Crippen molar-refractivity contribution in [3.63, 3.8) is 0 Å². The lowest BCUT2D eigenvalue weighted by atomic mass is 10.1. The molecular weight excluding hydrogens is 352 g/mol. The van der Waals surface area contributed by atoms with E-state index in [1.165, 1.54) is 5.56 Å². The fraction of sp³-hybridized carbons (Fsp3) is 0.318. The Morgan fingerprint density at radius 3 is 2.93 bits per heavy atom. The van der Waals surface area contributed by atoms with Gasteiger partial charge < -0.3 is 14.7 Å². The van der Waals surface area contributed by atoms with Crippen LogP contribution in [0.25, 0.3) is 11.4 Å². The molecule has 1 atom stereocenters. The molecule has 4 rings (SSSR count). The van der Waals surface area contributed by atoms with E-state index in [9.17, 15) is 4.79 Å². The molecule has 28 heavy (non-hydrogen) atoms. The van der Waals surface area contributed by atoms with Gasteiger partial charge in [-0.3, -0.25) is 0 Å². The lowest BCUT2D eigenvalue weighted by Gasteiger charge is -2.22. The van der Waals surface area contributed by atoms with Crippen LogP contribution in [0.4, 0.5) is 10.5 Å². The minimum absolute atomic E-state index is 0.133. The second kappa shape index (κ2) is 7.84. The van der Waals surface area contributed by atoms with Crippen LogP contribution in [0.5, 0.6) is 0 Å². The third-order valence-electron chi connectivity index (χ3n) is 5.10. The highest BCUT2D eigenvalue weighted by molar-refractivity contribution is 5.89. The molecule has 6 heteroatoms. The van der Waals surface area contributed by atoms with Gasteiger partial charge in [-0.1, -0.05) is 48.0 Å². The number of nitrogens with one attached hydrogen (secondary N) is 1. The quantitative estimate of drug-likeness (QED) is 0.697. The summed E-state index contributed by atoms with van der Waals surface area (Å²) >= 11 is 0. The van der Waals surface area contributed by atoms with Crippen LogP contribution >= 0.6 is 0 Å². The van der Waals surface area contributed by atoms with Crippen LogP contribution in [-0.4, -0.2) is 27.6 Å². The fourth-order valence-electron chi connectivity index (χ4n) is 3.60. The monoisotopic (exact) mass is 376 g/mol. The molecule has 1 N–H and O–H groups in total. The molecule has 0 bridgehead atoms. The fourth-order valence-corrected chi connectivity index (χ4v) is 3.60. The molecule has 2 aromatic carbocycles. The van der Waals surface area contributed by atoms with Crippen LogP contribution in [0.2, 0.25) is 0 Å². The summed E-state index contributed by atoms with van der Waals surface area (Å²) in [6.45, 7) is 4.80. The summed E-state index contributed by atoms with van der Waals surface area (Å²) in [7, 11) is 0. The first-order chi connectivity index (χ1) is 13.6. The van der Waals surface area contributed by atoms with E-state index in [1.54, 1.807) is 4.90 Å². The zero-order valence-electron chi connectivity index (χ0n) is 16.2. The highest BCUT2D eigenvalue weighted by atomic mass is 16.5. The average molecular weight is 376 g/mol. The molecule has 0 saturated carbocycles. The smallest absolute Gasteiger partial charge is 0.322 e. The molecule has 1 aromatic heterocycles. The Morgan fingerprint density at radius 2 is 2.11 bits per heavy atom. The van der Waals surface area contributed by atoms with Gasteiger partial charge in [0.2, 0.25) is 11.7 Å².